The molecule has 0 saturated heterocycles. The summed E-state index contributed by atoms with van der Waals surface area (Å²) in [5.74, 6) is -1.74. The Labute approximate surface area is 403 Å². The lowest BCUT2D eigenvalue weighted by Crippen LogP contribution is -2.52. The van der Waals surface area contributed by atoms with Crippen LogP contribution in [-0.4, -0.2) is 110 Å². The molecule has 2 rings (SSSR count). The summed E-state index contributed by atoms with van der Waals surface area (Å²) in [6, 6.07) is 10.6. The van der Waals surface area contributed by atoms with Crippen LogP contribution in [-0.2, 0) is 52.2 Å². The Balaban J connectivity index is 0.00000108. The smallest absolute Gasteiger partial charge is 0.437 e. The average Bonchev–Trinajstić information content (AvgIpc) is 3.13. The van der Waals surface area contributed by atoms with Crippen LogP contribution in [0, 0.1) is 13.8 Å². The molecule has 0 heterocycles. The molecule has 6 amide bonds. The highest BCUT2D eigenvalue weighted by atomic mass is 32.2. The average molecular weight is 975 g/mol. The van der Waals surface area contributed by atoms with E-state index in [1.54, 1.807) is 109 Å². The van der Waals surface area contributed by atoms with E-state index >= 15 is 0 Å². The van der Waals surface area contributed by atoms with E-state index in [1.807, 2.05) is 30.3 Å². The van der Waals surface area contributed by atoms with Gasteiger partial charge in [-0.25, -0.2) is 24.2 Å². The summed E-state index contributed by atoms with van der Waals surface area (Å²) < 4.78 is 32.5. The minimum atomic E-state index is -1.31. The topological polar surface area (TPSA) is 288 Å². The van der Waals surface area contributed by atoms with Crippen LogP contribution in [0.5, 0.6) is 5.75 Å². The fourth-order valence-corrected chi connectivity index (χ4v) is 6.21. The van der Waals surface area contributed by atoms with E-state index in [2.05, 4.69) is 36.6 Å². The Hall–Kier alpha value is -6.25. The number of carbonyl (C=O) groups excluding carboxylic acids is 6. The maximum Gasteiger partial charge on any atom is 0.437 e. The molecule has 0 spiro atoms. The van der Waals surface area contributed by atoms with Gasteiger partial charge in [0.2, 0.25) is 23.7 Å². The molecule has 8 N–H and O–H groups in total. The van der Waals surface area contributed by atoms with E-state index < -0.39 is 87.4 Å². The Morgan fingerprint density at radius 1 is 0.721 bits per heavy atom. The van der Waals surface area contributed by atoms with Gasteiger partial charge < -0.3 is 40.4 Å². The zero-order valence-electron chi connectivity index (χ0n) is 42.3. The number of aryl methyl sites for hydroxylation is 3. The third-order valence-electron chi connectivity index (χ3n) is 8.25. The zero-order chi connectivity index (χ0) is 52.2. The maximum atomic E-state index is 14.1. The Bertz CT molecular complexity index is 2060. The number of amides is 6. The van der Waals surface area contributed by atoms with Crippen molar-refractivity contribution >= 4 is 58.9 Å². The van der Waals surface area contributed by atoms with Crippen molar-refractivity contribution in [2.24, 2.45) is 15.7 Å². The molecule has 2 aromatic carbocycles. The zero-order valence-corrected chi connectivity index (χ0v) is 43.1. The summed E-state index contributed by atoms with van der Waals surface area (Å²) in [5, 5.41) is 22.7. The number of carbonyl (C=O) groups is 6. The number of alkyl carbamates (subject to hydrolysis) is 3. The van der Waals surface area contributed by atoms with Gasteiger partial charge in [0.1, 0.15) is 40.2 Å². The van der Waals surface area contributed by atoms with Crippen LogP contribution in [0.15, 0.2) is 52.4 Å². The third-order valence-corrected chi connectivity index (χ3v) is 9.06. The van der Waals surface area contributed by atoms with Gasteiger partial charge >= 0.3 is 24.4 Å². The van der Waals surface area contributed by atoms with Crippen molar-refractivity contribution in [1.82, 2.24) is 26.6 Å². The molecule has 68 heavy (non-hydrogen) atoms. The van der Waals surface area contributed by atoms with Gasteiger partial charge in [-0.2, -0.15) is 0 Å². The van der Waals surface area contributed by atoms with Crippen molar-refractivity contribution in [2.45, 2.75) is 157 Å². The van der Waals surface area contributed by atoms with Crippen LogP contribution in [0.3, 0.4) is 0 Å². The molecule has 0 radical (unpaired) electrons. The number of nitrogens with zero attached hydrogens (tertiary/aromatic N) is 2. The predicted octanol–water partition coefficient (Wildman–Crippen LogP) is 6.09. The molecule has 3 unspecified atom stereocenters. The fraction of sp³-hybridized carbons (Fsp3) is 0.574. The van der Waals surface area contributed by atoms with Crippen molar-refractivity contribution in [2.75, 3.05) is 18.6 Å². The fourth-order valence-electron chi connectivity index (χ4n) is 5.65. The first-order chi connectivity index (χ1) is 31.1. The largest absolute Gasteiger partial charge is 0.508 e. The summed E-state index contributed by atoms with van der Waals surface area (Å²) in [6.45, 7) is 24.0. The first-order valence-corrected chi connectivity index (χ1v) is 23.7. The van der Waals surface area contributed by atoms with Crippen molar-refractivity contribution in [1.29, 1.82) is 0 Å². The van der Waals surface area contributed by atoms with Gasteiger partial charge in [-0.1, -0.05) is 30.3 Å². The molecule has 0 aliphatic carbocycles. The second kappa shape index (κ2) is 26.9. The molecule has 20 nitrogen and oxygen atoms in total. The number of nitrogens with two attached hydrogens (primary N) is 1. The van der Waals surface area contributed by atoms with Crippen molar-refractivity contribution < 1.29 is 57.0 Å². The molecule has 21 heteroatoms. The Morgan fingerprint density at radius 3 is 1.65 bits per heavy atom. The molecule has 380 valence electrons. The lowest BCUT2D eigenvalue weighted by atomic mass is 9.95. The Morgan fingerprint density at radius 2 is 1.19 bits per heavy atom. The number of nitrogens with one attached hydrogen (secondary N) is 5. The van der Waals surface area contributed by atoms with Crippen LogP contribution >= 0.6 is 0 Å². The second-order valence-corrected chi connectivity index (χ2v) is 21.2. The van der Waals surface area contributed by atoms with E-state index in [9.17, 15) is 38.1 Å². The normalized spacial score (nSPS) is 13.1. The summed E-state index contributed by atoms with van der Waals surface area (Å²) >= 11 is 0. The van der Waals surface area contributed by atoms with Gasteiger partial charge in [-0.3, -0.25) is 29.7 Å². The van der Waals surface area contributed by atoms with Crippen LogP contribution in [0.4, 0.5) is 19.2 Å². The van der Waals surface area contributed by atoms with Gasteiger partial charge in [-0.05, 0) is 151 Å². The number of phenols is 1. The van der Waals surface area contributed by atoms with Crippen LogP contribution in [0.25, 0.3) is 0 Å². The lowest BCUT2D eigenvalue weighted by Gasteiger charge is -2.24. The Kier molecular flexibility index (Phi) is 23.7. The summed E-state index contributed by atoms with van der Waals surface area (Å²) in [7, 11) is -1.25. The molecule has 0 aromatic heterocycles. The highest BCUT2D eigenvalue weighted by Gasteiger charge is 2.29. The molecule has 2 aromatic rings. The molecule has 3 atom stereocenters. The number of phenolic OH excluding ortho intramolecular Hbond substituents is 1. The minimum Gasteiger partial charge on any atom is -0.508 e. The summed E-state index contributed by atoms with van der Waals surface area (Å²) in [5.41, 5.74) is 5.39. The molecule has 0 saturated carbocycles. The van der Waals surface area contributed by atoms with E-state index in [-0.39, 0.29) is 30.3 Å². The number of guanidine groups is 2. The summed E-state index contributed by atoms with van der Waals surface area (Å²) in [4.78, 5) is 83.4. The highest BCUT2D eigenvalue weighted by molar-refractivity contribution is 7.84. The predicted molar refractivity (Wildman–Crippen MR) is 262 cm³/mol. The van der Waals surface area contributed by atoms with Gasteiger partial charge in [-0.15, -0.1) is 4.99 Å². The standard InChI is InChI=1S/C36H53N5O8S.C11H21N3O4/c1-23-20-26(42)21-24(2)27(23)22-29(39-32(40-33(45)48-35(3,4)5)41-34(46)49-36(6,7)8)31(44)38-28(17-19-50(9)47)30(43)37-18-13-16-25-14-11-10-12-15-25;1-10(2,3)17-8(15)13-7(12)14-9(16)18-11(4,5)6/h10-12,14-15,20-21,28-29,42H,13,16-19,22H2,1-9H3,(H,37,43)(H,38,44)(H2,39,40,41,45,46);1-6H3,(H3,12,13,14,15,16). The van der Waals surface area contributed by atoms with Crippen molar-refractivity contribution in [3.63, 3.8) is 0 Å². The quantitative estimate of drug-likeness (QED) is 0.0519. The molecule has 0 bridgehead atoms. The van der Waals surface area contributed by atoms with Crippen LogP contribution in [0.2, 0.25) is 0 Å². The number of hydrogen-bond acceptors (Lipinski definition) is 13. The van der Waals surface area contributed by atoms with Gasteiger partial charge in [0.15, 0.2) is 0 Å². The first-order valence-electron chi connectivity index (χ1n) is 22.0. The highest BCUT2D eigenvalue weighted by Crippen LogP contribution is 2.23. The number of aliphatic imine (C=N–C) groups is 2. The van der Waals surface area contributed by atoms with E-state index in [0.29, 0.717) is 29.7 Å². The maximum absolute atomic E-state index is 14.1. The molecular weight excluding hydrogens is 901 g/mol. The van der Waals surface area contributed by atoms with E-state index in [4.69, 9.17) is 24.7 Å². The number of ether oxygens (including phenoxy) is 4. The van der Waals surface area contributed by atoms with Crippen LogP contribution < -0.4 is 32.3 Å². The minimum absolute atomic E-state index is 0.0373. The number of aromatic hydroxyl groups is 1. The van der Waals surface area contributed by atoms with E-state index in [0.717, 1.165) is 12.0 Å². The number of rotatable bonds is 13. The lowest BCUT2D eigenvalue weighted by molar-refractivity contribution is -0.129. The summed E-state index contributed by atoms with van der Waals surface area (Å²) in [6.07, 6.45) is -0.574. The van der Waals surface area contributed by atoms with Crippen molar-refractivity contribution in [3.05, 3.63) is 64.7 Å². The SMILES string of the molecule is CC(C)(C)OC(=O)/N=C(/N)NC(=O)OC(C)(C)C.Cc1cc(O)cc(C)c1CC(N=C(NC(=O)OC(C)(C)C)NC(=O)OC(C)(C)C)C(=O)NC(CCS(C)=O)C(=O)NCCCc1ccccc1. The van der Waals surface area contributed by atoms with Gasteiger partial charge in [0, 0.05) is 35.8 Å². The van der Waals surface area contributed by atoms with Gasteiger partial charge in [0.25, 0.3) is 0 Å². The molecule has 0 aliphatic heterocycles. The van der Waals surface area contributed by atoms with Crippen LogP contribution in [0.1, 0.15) is 118 Å². The second-order valence-electron chi connectivity index (χ2n) is 19.6. The monoisotopic (exact) mass is 975 g/mol. The molecular formula is C47H74N8O12S. The number of hydrogen-bond donors (Lipinski definition) is 7. The van der Waals surface area contributed by atoms with E-state index in [1.165, 1.54) is 6.26 Å². The third kappa shape index (κ3) is 28.0. The molecule has 0 aliphatic rings. The van der Waals surface area contributed by atoms with Crippen molar-refractivity contribution in [3.8, 4) is 5.75 Å². The van der Waals surface area contributed by atoms with Gasteiger partial charge in [0.05, 0.1) is 0 Å². The first kappa shape index (κ1) is 59.8. The number of benzene rings is 2. The molecule has 0 fully saturated rings.